The molecule has 0 spiro atoms. The lowest BCUT2D eigenvalue weighted by molar-refractivity contribution is -0.135. The van der Waals surface area contributed by atoms with Crippen LogP contribution in [0, 0.1) is 0 Å². The van der Waals surface area contributed by atoms with Crippen LogP contribution in [0.5, 0.6) is 0 Å². The standard InChI is InChI=1S/C26H30N4O6S/c1-37-16-18-11-9-17(10-12-18)5-4-8-22(31)27-15-21(24(33)29-36)28-23(32)13-14-30-25(34)19-6-2-3-7-20(19)26(30)35/h2-3,6-7,9-12,21,36H,4-5,8,13-16H2,1H3,(H,27,31)(H,28,32)(H,29,33)/t21-/m0/s1. The summed E-state index contributed by atoms with van der Waals surface area (Å²) < 4.78 is 0. The quantitative estimate of drug-likeness (QED) is 0.176. The van der Waals surface area contributed by atoms with Crippen LogP contribution in [0.4, 0.5) is 0 Å². The number of carbonyl (C=O) groups is 5. The molecule has 3 rings (SSSR count). The molecular formula is C26H30N4O6S. The molecule has 4 N–H and O–H groups in total. The Morgan fingerprint density at radius 2 is 1.54 bits per heavy atom. The highest BCUT2D eigenvalue weighted by Gasteiger charge is 2.35. The number of thioether (sulfide) groups is 1. The molecule has 1 aliphatic rings. The average molecular weight is 527 g/mol. The smallest absolute Gasteiger partial charge is 0.267 e. The van der Waals surface area contributed by atoms with E-state index in [4.69, 9.17) is 5.21 Å². The van der Waals surface area contributed by atoms with Gasteiger partial charge >= 0.3 is 0 Å². The zero-order chi connectivity index (χ0) is 26.8. The Morgan fingerprint density at radius 1 is 0.919 bits per heavy atom. The van der Waals surface area contributed by atoms with Gasteiger partial charge in [0.2, 0.25) is 11.8 Å². The van der Waals surface area contributed by atoms with Gasteiger partial charge in [-0.15, -0.1) is 0 Å². The van der Waals surface area contributed by atoms with Crippen LogP contribution in [0.3, 0.4) is 0 Å². The summed E-state index contributed by atoms with van der Waals surface area (Å²) >= 11 is 1.75. The van der Waals surface area contributed by atoms with E-state index in [1.807, 2.05) is 18.4 Å². The Labute approximate surface area is 219 Å². The summed E-state index contributed by atoms with van der Waals surface area (Å²) in [4.78, 5) is 62.5. The Hall–Kier alpha value is -3.70. The summed E-state index contributed by atoms with van der Waals surface area (Å²) in [5, 5.41) is 14.0. The molecule has 0 aromatic heterocycles. The first-order valence-corrected chi connectivity index (χ1v) is 13.3. The van der Waals surface area contributed by atoms with E-state index in [2.05, 4.69) is 22.8 Å². The highest BCUT2D eigenvalue weighted by molar-refractivity contribution is 7.97. The van der Waals surface area contributed by atoms with Crippen molar-refractivity contribution >= 4 is 41.3 Å². The number of hydroxylamine groups is 1. The second-order valence-corrected chi connectivity index (χ2v) is 9.43. The van der Waals surface area contributed by atoms with Crippen LogP contribution in [0.2, 0.25) is 0 Å². The molecule has 0 radical (unpaired) electrons. The summed E-state index contributed by atoms with van der Waals surface area (Å²) in [6.07, 6.45) is 3.36. The Kier molecular flexibility index (Phi) is 10.2. The van der Waals surface area contributed by atoms with E-state index in [-0.39, 0.29) is 43.0 Å². The maximum Gasteiger partial charge on any atom is 0.267 e. The van der Waals surface area contributed by atoms with Gasteiger partial charge in [0.05, 0.1) is 11.1 Å². The molecule has 0 saturated carbocycles. The van der Waals surface area contributed by atoms with Crippen molar-refractivity contribution in [1.29, 1.82) is 0 Å². The maximum atomic E-state index is 12.4. The lowest BCUT2D eigenvalue weighted by Gasteiger charge is -2.19. The third kappa shape index (κ3) is 7.64. The normalized spacial score (nSPS) is 13.2. The lowest BCUT2D eigenvalue weighted by atomic mass is 10.1. The monoisotopic (exact) mass is 526 g/mol. The molecule has 10 nitrogen and oxygen atoms in total. The molecular weight excluding hydrogens is 496 g/mol. The van der Waals surface area contributed by atoms with Crippen molar-refractivity contribution in [2.45, 2.75) is 37.5 Å². The Bertz CT molecular complexity index is 1120. The number of hydrogen-bond acceptors (Lipinski definition) is 7. The fourth-order valence-corrected chi connectivity index (χ4v) is 4.46. The lowest BCUT2D eigenvalue weighted by Crippen LogP contribution is -2.52. The van der Waals surface area contributed by atoms with Gasteiger partial charge in [-0.1, -0.05) is 36.4 Å². The first-order valence-electron chi connectivity index (χ1n) is 11.9. The fourth-order valence-electron chi connectivity index (χ4n) is 3.94. The van der Waals surface area contributed by atoms with Gasteiger partial charge in [0.15, 0.2) is 0 Å². The molecule has 0 fully saturated rings. The average Bonchev–Trinajstić information content (AvgIpc) is 3.15. The Morgan fingerprint density at radius 3 is 2.14 bits per heavy atom. The molecule has 2 aromatic carbocycles. The molecule has 1 heterocycles. The topological polar surface area (TPSA) is 145 Å². The first kappa shape index (κ1) is 27.9. The van der Waals surface area contributed by atoms with Crippen molar-refractivity contribution < 1.29 is 29.2 Å². The van der Waals surface area contributed by atoms with E-state index >= 15 is 0 Å². The number of carbonyl (C=O) groups excluding carboxylic acids is 5. The van der Waals surface area contributed by atoms with Gasteiger partial charge in [0, 0.05) is 31.7 Å². The van der Waals surface area contributed by atoms with Gasteiger partial charge in [0.1, 0.15) is 6.04 Å². The summed E-state index contributed by atoms with van der Waals surface area (Å²) in [5.74, 6) is -1.84. The second kappa shape index (κ2) is 13.6. The van der Waals surface area contributed by atoms with Gasteiger partial charge in [-0.3, -0.25) is 34.1 Å². The molecule has 196 valence electrons. The van der Waals surface area contributed by atoms with Gasteiger partial charge in [-0.25, -0.2) is 5.48 Å². The summed E-state index contributed by atoms with van der Waals surface area (Å²) in [6.45, 7) is -0.399. The number of amides is 5. The van der Waals surface area contributed by atoms with Crippen LogP contribution >= 0.6 is 11.8 Å². The zero-order valence-corrected chi connectivity index (χ0v) is 21.3. The van der Waals surface area contributed by atoms with Gasteiger partial charge < -0.3 is 10.6 Å². The largest absolute Gasteiger partial charge is 0.353 e. The predicted molar refractivity (Wildman–Crippen MR) is 138 cm³/mol. The number of rotatable bonds is 13. The molecule has 0 saturated heterocycles. The molecule has 37 heavy (non-hydrogen) atoms. The van der Waals surface area contributed by atoms with E-state index in [1.54, 1.807) is 36.0 Å². The molecule has 0 unspecified atom stereocenters. The van der Waals surface area contributed by atoms with Crippen LogP contribution in [-0.4, -0.2) is 65.0 Å². The minimum Gasteiger partial charge on any atom is -0.353 e. The SMILES string of the molecule is CSCc1ccc(CCCC(=O)NC[C@H](NC(=O)CCN2C(=O)c3ccccc3C2=O)C(=O)NO)cc1. The highest BCUT2D eigenvalue weighted by atomic mass is 32.2. The van der Waals surface area contributed by atoms with Crippen LogP contribution in [0.25, 0.3) is 0 Å². The molecule has 1 atom stereocenters. The van der Waals surface area contributed by atoms with Crippen LogP contribution in [-0.2, 0) is 26.6 Å². The summed E-state index contributed by atoms with van der Waals surface area (Å²) in [5.41, 5.74) is 4.40. The maximum absolute atomic E-state index is 12.4. The zero-order valence-electron chi connectivity index (χ0n) is 20.5. The number of hydrogen-bond donors (Lipinski definition) is 4. The first-order chi connectivity index (χ1) is 17.8. The van der Waals surface area contributed by atoms with Gasteiger partial charge in [0.25, 0.3) is 17.7 Å². The van der Waals surface area contributed by atoms with Gasteiger partial charge in [-0.2, -0.15) is 11.8 Å². The number of aryl methyl sites for hydroxylation is 1. The van der Waals surface area contributed by atoms with Crippen molar-refractivity contribution in [2.24, 2.45) is 0 Å². The van der Waals surface area contributed by atoms with Gasteiger partial charge in [-0.05, 0) is 42.4 Å². The molecule has 0 bridgehead atoms. The number of nitrogens with one attached hydrogen (secondary N) is 3. The van der Waals surface area contributed by atoms with E-state index in [1.165, 1.54) is 11.0 Å². The van der Waals surface area contributed by atoms with E-state index in [0.717, 1.165) is 22.6 Å². The van der Waals surface area contributed by atoms with Crippen molar-refractivity contribution in [3.8, 4) is 0 Å². The van der Waals surface area contributed by atoms with Crippen molar-refractivity contribution in [3.63, 3.8) is 0 Å². The third-order valence-electron chi connectivity index (χ3n) is 5.91. The molecule has 5 amide bonds. The second-order valence-electron chi connectivity index (χ2n) is 8.56. The predicted octanol–water partition coefficient (Wildman–Crippen LogP) is 1.67. The van der Waals surface area contributed by atoms with Crippen molar-refractivity contribution in [2.75, 3.05) is 19.3 Å². The molecule has 1 aliphatic heterocycles. The van der Waals surface area contributed by atoms with Crippen LogP contribution in [0.1, 0.15) is 51.1 Å². The van der Waals surface area contributed by atoms with Crippen molar-refractivity contribution in [3.05, 3.63) is 70.8 Å². The Balaban J connectivity index is 1.42. The van der Waals surface area contributed by atoms with Crippen molar-refractivity contribution in [1.82, 2.24) is 21.0 Å². The highest BCUT2D eigenvalue weighted by Crippen LogP contribution is 2.22. The third-order valence-corrected chi connectivity index (χ3v) is 6.53. The minimum atomic E-state index is -1.23. The fraction of sp³-hybridized carbons (Fsp3) is 0.346. The number of benzene rings is 2. The number of imide groups is 1. The minimum absolute atomic E-state index is 0.170. The van der Waals surface area contributed by atoms with E-state index in [0.29, 0.717) is 6.42 Å². The van der Waals surface area contributed by atoms with Crippen LogP contribution < -0.4 is 16.1 Å². The molecule has 2 aromatic rings. The van der Waals surface area contributed by atoms with E-state index < -0.39 is 29.7 Å². The van der Waals surface area contributed by atoms with Crippen LogP contribution in [0.15, 0.2) is 48.5 Å². The number of nitrogens with zero attached hydrogens (tertiary/aromatic N) is 1. The summed E-state index contributed by atoms with van der Waals surface area (Å²) in [7, 11) is 0. The van der Waals surface area contributed by atoms with E-state index in [9.17, 15) is 24.0 Å². The summed E-state index contributed by atoms with van der Waals surface area (Å²) in [6, 6.07) is 13.4. The molecule has 11 heteroatoms. The molecule has 0 aliphatic carbocycles. The number of fused-ring (bicyclic) bond motifs is 1.